The van der Waals surface area contributed by atoms with Crippen LogP contribution in [0, 0.1) is 11.3 Å². The molecule has 1 aromatic heterocycles. The Morgan fingerprint density at radius 2 is 2.33 bits per heavy atom. The smallest absolute Gasteiger partial charge is 0.106 e. The molecule has 0 aromatic carbocycles. The van der Waals surface area contributed by atoms with Gasteiger partial charge in [0.05, 0.1) is 17.3 Å². The molecule has 0 bridgehead atoms. The molecule has 0 aliphatic carbocycles. The van der Waals surface area contributed by atoms with E-state index >= 15 is 0 Å². The van der Waals surface area contributed by atoms with Crippen LogP contribution >= 0.6 is 11.6 Å². The molecule has 0 aliphatic rings. The third-order valence-corrected chi connectivity index (χ3v) is 3.17. The Hall–Kier alpha value is -1.05. The van der Waals surface area contributed by atoms with E-state index in [0.717, 1.165) is 25.8 Å². The molecule has 0 saturated heterocycles. The lowest BCUT2D eigenvalue weighted by Crippen LogP contribution is -2.47. The van der Waals surface area contributed by atoms with Gasteiger partial charge in [-0.15, -0.1) is 0 Å². The van der Waals surface area contributed by atoms with Crippen LogP contribution in [0.4, 0.5) is 0 Å². The van der Waals surface area contributed by atoms with Crippen LogP contribution in [-0.2, 0) is 6.54 Å². The molecular weight excluding hydrogens is 248 g/mol. The number of aromatic nitrogens is 2. The summed E-state index contributed by atoms with van der Waals surface area (Å²) in [6, 6.07) is 2.73. The second kappa shape index (κ2) is 6.77. The average Bonchev–Trinajstić information content (AvgIpc) is 2.73. The van der Waals surface area contributed by atoms with Crippen LogP contribution in [0.1, 0.15) is 40.0 Å². The van der Waals surface area contributed by atoms with Crippen molar-refractivity contribution in [2.24, 2.45) is 0 Å². The van der Waals surface area contributed by atoms with Crippen molar-refractivity contribution in [3.8, 4) is 6.07 Å². The highest BCUT2D eigenvalue weighted by Gasteiger charge is 2.27. The first kappa shape index (κ1) is 15.0. The Kier molecular flexibility index (Phi) is 5.64. The molecule has 0 amide bonds. The molecule has 0 fully saturated rings. The van der Waals surface area contributed by atoms with Crippen molar-refractivity contribution in [3.05, 3.63) is 17.4 Å². The number of nitrogens with zero attached hydrogens (tertiary/aromatic N) is 3. The van der Waals surface area contributed by atoms with E-state index in [-0.39, 0.29) is 0 Å². The normalized spacial score (nSPS) is 14.4. The molecule has 5 heteroatoms. The zero-order chi connectivity index (χ0) is 13.6. The minimum Gasteiger partial charge on any atom is -0.297 e. The SMILES string of the molecule is CCC(C#N)(CCCn1cc(Cl)cn1)NC(C)C. The molecule has 0 aliphatic heterocycles. The number of aryl methyl sites for hydroxylation is 1. The molecule has 1 atom stereocenters. The number of rotatable bonds is 7. The quantitative estimate of drug-likeness (QED) is 0.827. The first-order valence-electron chi connectivity index (χ1n) is 6.38. The zero-order valence-electron chi connectivity index (χ0n) is 11.3. The number of hydrogen-bond donors (Lipinski definition) is 1. The maximum absolute atomic E-state index is 9.37. The maximum Gasteiger partial charge on any atom is 0.106 e. The molecule has 18 heavy (non-hydrogen) atoms. The minimum atomic E-state index is -0.425. The van der Waals surface area contributed by atoms with Crippen LogP contribution in [0.2, 0.25) is 5.02 Å². The molecule has 1 N–H and O–H groups in total. The lowest BCUT2D eigenvalue weighted by atomic mass is 9.91. The van der Waals surface area contributed by atoms with Crippen LogP contribution < -0.4 is 5.32 Å². The highest BCUT2D eigenvalue weighted by molar-refractivity contribution is 6.30. The standard InChI is InChI=1S/C13H21ClN4/c1-4-13(10-15,17-11(2)3)6-5-7-18-9-12(14)8-16-18/h8-9,11,17H,4-7H2,1-3H3. The highest BCUT2D eigenvalue weighted by atomic mass is 35.5. The van der Waals surface area contributed by atoms with E-state index in [1.54, 1.807) is 12.4 Å². The van der Waals surface area contributed by atoms with Crippen molar-refractivity contribution in [1.29, 1.82) is 5.26 Å². The van der Waals surface area contributed by atoms with Crippen LogP contribution in [-0.4, -0.2) is 21.4 Å². The summed E-state index contributed by atoms with van der Waals surface area (Å²) in [4.78, 5) is 0. The molecule has 1 heterocycles. The largest absolute Gasteiger partial charge is 0.297 e. The average molecular weight is 269 g/mol. The molecule has 100 valence electrons. The number of halogens is 1. The van der Waals surface area contributed by atoms with Gasteiger partial charge in [0.1, 0.15) is 5.54 Å². The Morgan fingerprint density at radius 3 is 2.78 bits per heavy atom. The van der Waals surface area contributed by atoms with Crippen molar-refractivity contribution >= 4 is 11.6 Å². The molecule has 0 radical (unpaired) electrons. The van der Waals surface area contributed by atoms with Gasteiger partial charge in [-0.25, -0.2) is 0 Å². The summed E-state index contributed by atoms with van der Waals surface area (Å²) in [5.74, 6) is 0. The topological polar surface area (TPSA) is 53.6 Å². The zero-order valence-corrected chi connectivity index (χ0v) is 12.0. The molecule has 0 spiro atoms. The van der Waals surface area contributed by atoms with E-state index in [9.17, 15) is 5.26 Å². The second-order valence-corrected chi connectivity index (χ2v) is 5.31. The van der Waals surface area contributed by atoms with Crippen LogP contribution in [0.5, 0.6) is 0 Å². The van der Waals surface area contributed by atoms with Gasteiger partial charge in [-0.3, -0.25) is 10.00 Å². The Bertz CT molecular complexity index is 407. The minimum absolute atomic E-state index is 0.309. The molecule has 4 nitrogen and oxygen atoms in total. The summed E-state index contributed by atoms with van der Waals surface area (Å²) < 4.78 is 1.81. The lowest BCUT2D eigenvalue weighted by Gasteiger charge is -2.29. The Labute approximate surface area is 114 Å². The van der Waals surface area contributed by atoms with Gasteiger partial charge in [0.25, 0.3) is 0 Å². The summed E-state index contributed by atoms with van der Waals surface area (Å²) in [6.07, 6.45) is 5.96. The predicted molar refractivity (Wildman–Crippen MR) is 73.4 cm³/mol. The summed E-state index contributed by atoms with van der Waals surface area (Å²) in [7, 11) is 0. The summed E-state index contributed by atoms with van der Waals surface area (Å²) in [5.41, 5.74) is -0.425. The fraction of sp³-hybridized carbons (Fsp3) is 0.692. The van der Waals surface area contributed by atoms with Crippen LogP contribution in [0.15, 0.2) is 12.4 Å². The van der Waals surface area contributed by atoms with E-state index < -0.39 is 5.54 Å². The van der Waals surface area contributed by atoms with E-state index in [4.69, 9.17) is 11.6 Å². The van der Waals surface area contributed by atoms with Gasteiger partial charge in [-0.05, 0) is 33.1 Å². The third kappa shape index (κ3) is 4.32. The summed E-state index contributed by atoms with van der Waals surface area (Å²) in [6.45, 7) is 6.96. The van der Waals surface area contributed by atoms with Gasteiger partial charge in [-0.1, -0.05) is 18.5 Å². The maximum atomic E-state index is 9.37. The number of nitrogens with one attached hydrogen (secondary N) is 1. The number of hydrogen-bond acceptors (Lipinski definition) is 3. The lowest BCUT2D eigenvalue weighted by molar-refractivity contribution is 0.326. The first-order chi connectivity index (χ1) is 8.51. The van der Waals surface area contributed by atoms with E-state index in [2.05, 4.69) is 30.3 Å². The predicted octanol–water partition coefficient (Wildman–Crippen LogP) is 2.99. The fourth-order valence-electron chi connectivity index (χ4n) is 2.07. The summed E-state index contributed by atoms with van der Waals surface area (Å²) >= 11 is 5.80. The molecule has 1 rings (SSSR count). The number of nitriles is 1. The monoisotopic (exact) mass is 268 g/mol. The van der Waals surface area contributed by atoms with Gasteiger partial charge in [0, 0.05) is 18.8 Å². The molecular formula is C13H21ClN4. The van der Waals surface area contributed by atoms with Gasteiger partial charge in [0.2, 0.25) is 0 Å². The van der Waals surface area contributed by atoms with Crippen molar-refractivity contribution in [3.63, 3.8) is 0 Å². The van der Waals surface area contributed by atoms with Crippen LogP contribution in [0.25, 0.3) is 0 Å². The summed E-state index contributed by atoms with van der Waals surface area (Å²) in [5, 5.41) is 17.5. The van der Waals surface area contributed by atoms with Crippen molar-refractivity contribution in [2.45, 2.75) is 58.2 Å². The van der Waals surface area contributed by atoms with E-state index in [1.807, 2.05) is 11.6 Å². The van der Waals surface area contributed by atoms with Gasteiger partial charge >= 0.3 is 0 Å². The van der Waals surface area contributed by atoms with E-state index in [0.29, 0.717) is 11.1 Å². The van der Waals surface area contributed by atoms with Crippen LogP contribution in [0.3, 0.4) is 0 Å². The van der Waals surface area contributed by atoms with Gasteiger partial charge in [0.15, 0.2) is 0 Å². The Balaban J connectivity index is 2.50. The molecule has 1 aromatic rings. The molecule has 0 saturated carbocycles. The van der Waals surface area contributed by atoms with Crippen molar-refractivity contribution < 1.29 is 0 Å². The van der Waals surface area contributed by atoms with Gasteiger partial charge in [-0.2, -0.15) is 10.4 Å². The van der Waals surface area contributed by atoms with Gasteiger partial charge < -0.3 is 0 Å². The van der Waals surface area contributed by atoms with Crippen molar-refractivity contribution in [2.75, 3.05) is 0 Å². The molecule has 1 unspecified atom stereocenters. The Morgan fingerprint density at radius 1 is 1.61 bits per heavy atom. The van der Waals surface area contributed by atoms with E-state index in [1.165, 1.54) is 0 Å². The fourth-order valence-corrected chi connectivity index (χ4v) is 2.23. The third-order valence-electron chi connectivity index (χ3n) is 2.98. The first-order valence-corrected chi connectivity index (χ1v) is 6.76. The highest BCUT2D eigenvalue weighted by Crippen LogP contribution is 2.18. The second-order valence-electron chi connectivity index (χ2n) is 4.87. The van der Waals surface area contributed by atoms with Crippen molar-refractivity contribution in [1.82, 2.24) is 15.1 Å².